The zero-order valence-electron chi connectivity index (χ0n) is 10.2. The summed E-state index contributed by atoms with van der Waals surface area (Å²) < 4.78 is 0. The highest BCUT2D eigenvalue weighted by atomic mass is 14.8. The van der Waals surface area contributed by atoms with Gasteiger partial charge in [0.15, 0.2) is 0 Å². The van der Waals surface area contributed by atoms with Crippen molar-refractivity contribution in [3.63, 3.8) is 0 Å². The molecule has 0 aliphatic rings. The number of para-hydroxylation sites is 2. The van der Waals surface area contributed by atoms with E-state index < -0.39 is 0 Å². The van der Waals surface area contributed by atoms with Crippen LogP contribution < -0.4 is 5.32 Å². The molecule has 0 aliphatic heterocycles. The lowest BCUT2D eigenvalue weighted by molar-refractivity contribution is 1.39. The molecule has 0 aliphatic carbocycles. The van der Waals surface area contributed by atoms with Crippen molar-refractivity contribution in [2.75, 3.05) is 12.4 Å². The van der Waals surface area contributed by atoms with E-state index in [2.05, 4.69) is 35.6 Å². The van der Waals surface area contributed by atoms with Crippen LogP contribution in [0.4, 0.5) is 5.69 Å². The van der Waals surface area contributed by atoms with Crippen LogP contribution in [0, 0.1) is 0 Å². The topological polar surface area (TPSA) is 24.9 Å². The number of benzene rings is 2. The molecule has 2 heteroatoms. The van der Waals surface area contributed by atoms with Gasteiger partial charge in [-0.25, -0.2) is 4.98 Å². The van der Waals surface area contributed by atoms with Crippen molar-refractivity contribution in [3.05, 3.63) is 60.7 Å². The van der Waals surface area contributed by atoms with Crippen LogP contribution in [0.5, 0.6) is 0 Å². The lowest BCUT2D eigenvalue weighted by Crippen LogP contribution is -1.93. The first-order chi connectivity index (χ1) is 8.88. The van der Waals surface area contributed by atoms with Crippen molar-refractivity contribution in [2.24, 2.45) is 0 Å². The molecule has 0 amide bonds. The summed E-state index contributed by atoms with van der Waals surface area (Å²) in [6.07, 6.45) is 0. The molecule has 0 fully saturated rings. The monoisotopic (exact) mass is 234 g/mol. The van der Waals surface area contributed by atoms with E-state index in [0.29, 0.717) is 0 Å². The van der Waals surface area contributed by atoms with E-state index in [0.717, 1.165) is 22.5 Å². The molecule has 88 valence electrons. The number of anilines is 1. The molecule has 0 bridgehead atoms. The van der Waals surface area contributed by atoms with Crippen LogP contribution in [0.15, 0.2) is 60.7 Å². The van der Waals surface area contributed by atoms with Crippen LogP contribution in [0.25, 0.3) is 22.2 Å². The molecule has 1 heterocycles. The molecule has 1 N–H and O–H groups in total. The summed E-state index contributed by atoms with van der Waals surface area (Å²) in [5.74, 6) is 0. The minimum Gasteiger partial charge on any atom is -0.388 e. The third-order valence-electron chi connectivity index (χ3n) is 3.07. The number of pyridine rings is 1. The van der Waals surface area contributed by atoms with E-state index in [1.165, 1.54) is 5.39 Å². The molecule has 0 atom stereocenters. The van der Waals surface area contributed by atoms with Crippen molar-refractivity contribution in [1.29, 1.82) is 0 Å². The van der Waals surface area contributed by atoms with Gasteiger partial charge in [-0.15, -0.1) is 0 Å². The second-order valence-corrected chi connectivity index (χ2v) is 4.18. The maximum atomic E-state index is 4.71. The Morgan fingerprint density at radius 2 is 1.61 bits per heavy atom. The summed E-state index contributed by atoms with van der Waals surface area (Å²) >= 11 is 0. The minimum atomic E-state index is 0.999. The van der Waals surface area contributed by atoms with Crippen LogP contribution in [-0.4, -0.2) is 12.0 Å². The largest absolute Gasteiger partial charge is 0.388 e. The molecule has 2 aromatic carbocycles. The van der Waals surface area contributed by atoms with Gasteiger partial charge in [-0.1, -0.05) is 42.5 Å². The summed E-state index contributed by atoms with van der Waals surface area (Å²) in [5, 5.41) is 4.37. The molecule has 0 unspecified atom stereocenters. The predicted octanol–water partition coefficient (Wildman–Crippen LogP) is 3.94. The molecule has 3 aromatic rings. The lowest BCUT2D eigenvalue weighted by atomic mass is 10.1. The first-order valence-electron chi connectivity index (χ1n) is 6.01. The SMILES string of the molecule is CNc1ccccc1-c1ccc2ccccc2n1. The molecule has 0 spiro atoms. The maximum absolute atomic E-state index is 4.71. The van der Waals surface area contributed by atoms with Gasteiger partial charge >= 0.3 is 0 Å². The Balaban J connectivity index is 2.19. The molecule has 2 nitrogen and oxygen atoms in total. The zero-order valence-corrected chi connectivity index (χ0v) is 10.2. The smallest absolute Gasteiger partial charge is 0.0730 e. The van der Waals surface area contributed by atoms with Crippen molar-refractivity contribution < 1.29 is 0 Å². The molecule has 1 aromatic heterocycles. The fourth-order valence-electron chi connectivity index (χ4n) is 2.14. The number of fused-ring (bicyclic) bond motifs is 1. The Kier molecular flexibility index (Phi) is 2.69. The maximum Gasteiger partial charge on any atom is 0.0730 e. The molecule has 0 saturated carbocycles. The third kappa shape index (κ3) is 1.82. The van der Waals surface area contributed by atoms with Gasteiger partial charge in [-0.2, -0.15) is 0 Å². The Bertz CT molecular complexity index is 689. The highest BCUT2D eigenvalue weighted by molar-refractivity contribution is 5.84. The van der Waals surface area contributed by atoms with Gasteiger partial charge in [0.05, 0.1) is 11.2 Å². The molecular weight excluding hydrogens is 220 g/mol. The van der Waals surface area contributed by atoms with E-state index in [1.54, 1.807) is 0 Å². The second-order valence-electron chi connectivity index (χ2n) is 4.18. The second kappa shape index (κ2) is 4.49. The van der Waals surface area contributed by atoms with Gasteiger partial charge < -0.3 is 5.32 Å². The fraction of sp³-hybridized carbons (Fsp3) is 0.0625. The molecular formula is C16H14N2. The molecule has 3 rings (SSSR count). The normalized spacial score (nSPS) is 10.5. The summed E-state index contributed by atoms with van der Waals surface area (Å²) in [6, 6.07) is 20.6. The van der Waals surface area contributed by atoms with Crippen molar-refractivity contribution >= 4 is 16.6 Å². The van der Waals surface area contributed by atoms with Crippen LogP contribution in [-0.2, 0) is 0 Å². The molecule has 18 heavy (non-hydrogen) atoms. The van der Waals surface area contributed by atoms with Crippen LogP contribution in [0.3, 0.4) is 0 Å². The fourth-order valence-corrected chi connectivity index (χ4v) is 2.14. The van der Waals surface area contributed by atoms with Crippen molar-refractivity contribution in [3.8, 4) is 11.3 Å². The van der Waals surface area contributed by atoms with Gasteiger partial charge in [-0.3, -0.25) is 0 Å². The summed E-state index contributed by atoms with van der Waals surface area (Å²) in [6.45, 7) is 0. The van der Waals surface area contributed by atoms with Gasteiger partial charge in [0, 0.05) is 23.7 Å². The van der Waals surface area contributed by atoms with Crippen LogP contribution in [0.2, 0.25) is 0 Å². The highest BCUT2D eigenvalue weighted by Crippen LogP contribution is 2.27. The van der Waals surface area contributed by atoms with E-state index in [-0.39, 0.29) is 0 Å². The number of nitrogens with one attached hydrogen (secondary N) is 1. The predicted molar refractivity (Wildman–Crippen MR) is 76.7 cm³/mol. The Morgan fingerprint density at radius 1 is 0.833 bits per heavy atom. The summed E-state index contributed by atoms with van der Waals surface area (Å²) in [4.78, 5) is 4.71. The summed E-state index contributed by atoms with van der Waals surface area (Å²) in [5.41, 5.74) is 4.26. The first kappa shape index (κ1) is 10.8. The van der Waals surface area contributed by atoms with E-state index in [4.69, 9.17) is 4.98 Å². The number of hydrogen-bond acceptors (Lipinski definition) is 2. The van der Waals surface area contributed by atoms with Gasteiger partial charge in [0.25, 0.3) is 0 Å². The summed E-state index contributed by atoms with van der Waals surface area (Å²) in [7, 11) is 1.93. The van der Waals surface area contributed by atoms with E-state index in [1.807, 2.05) is 37.4 Å². The van der Waals surface area contributed by atoms with Crippen molar-refractivity contribution in [1.82, 2.24) is 4.98 Å². The Labute approximate surface area is 106 Å². The average Bonchev–Trinajstić information content (AvgIpc) is 2.46. The number of aromatic nitrogens is 1. The quantitative estimate of drug-likeness (QED) is 0.726. The standard InChI is InChI=1S/C16H14N2/c1-17-15-9-5-3-7-13(15)16-11-10-12-6-2-4-8-14(12)18-16/h2-11,17H,1H3. The Hall–Kier alpha value is -2.35. The van der Waals surface area contributed by atoms with Gasteiger partial charge in [0.2, 0.25) is 0 Å². The van der Waals surface area contributed by atoms with Crippen LogP contribution >= 0.6 is 0 Å². The first-order valence-corrected chi connectivity index (χ1v) is 6.01. The highest BCUT2D eigenvalue weighted by Gasteiger charge is 2.05. The zero-order chi connectivity index (χ0) is 12.4. The number of nitrogens with zero attached hydrogens (tertiary/aromatic N) is 1. The number of hydrogen-bond donors (Lipinski definition) is 1. The molecule has 0 radical (unpaired) electrons. The average molecular weight is 234 g/mol. The molecule has 0 saturated heterocycles. The third-order valence-corrected chi connectivity index (χ3v) is 3.07. The Morgan fingerprint density at radius 3 is 2.50 bits per heavy atom. The van der Waals surface area contributed by atoms with Gasteiger partial charge in [0.1, 0.15) is 0 Å². The van der Waals surface area contributed by atoms with E-state index >= 15 is 0 Å². The van der Waals surface area contributed by atoms with Gasteiger partial charge in [-0.05, 0) is 18.2 Å². The number of rotatable bonds is 2. The van der Waals surface area contributed by atoms with E-state index in [9.17, 15) is 0 Å². The van der Waals surface area contributed by atoms with Crippen molar-refractivity contribution in [2.45, 2.75) is 0 Å². The lowest BCUT2D eigenvalue weighted by Gasteiger charge is -2.08. The minimum absolute atomic E-state index is 0.999. The van der Waals surface area contributed by atoms with Crippen LogP contribution in [0.1, 0.15) is 0 Å².